The molecule has 1 aromatic heterocycles. The van der Waals surface area contributed by atoms with Gasteiger partial charge in [0.05, 0.1) is 25.9 Å². The minimum atomic E-state index is -0.723. The van der Waals surface area contributed by atoms with E-state index in [4.69, 9.17) is 10.5 Å². The Bertz CT molecular complexity index is 526. The summed E-state index contributed by atoms with van der Waals surface area (Å²) in [5.74, 6) is -0.603. The molecule has 1 aliphatic heterocycles. The van der Waals surface area contributed by atoms with Crippen LogP contribution in [0.3, 0.4) is 0 Å². The van der Waals surface area contributed by atoms with Gasteiger partial charge in [0, 0.05) is 19.3 Å². The standard InChI is InChI=1S/C14H21N3O4/c1-3-4-16-8-10(15)7-11(16)13(18)17-5-6-21-12(9-17)14(19)20-2/h7-8,12H,3-6,9,15H2,1-2H3. The summed E-state index contributed by atoms with van der Waals surface area (Å²) < 4.78 is 11.8. The predicted octanol–water partition coefficient (Wildman–Crippen LogP) is 0.494. The zero-order valence-corrected chi connectivity index (χ0v) is 12.4. The third-order valence-electron chi connectivity index (χ3n) is 3.42. The van der Waals surface area contributed by atoms with Gasteiger partial charge in [-0.1, -0.05) is 6.92 Å². The van der Waals surface area contributed by atoms with E-state index in [0.29, 0.717) is 24.5 Å². The lowest BCUT2D eigenvalue weighted by Gasteiger charge is -2.31. The Labute approximate surface area is 123 Å². The number of nitrogens with zero attached hydrogens (tertiary/aromatic N) is 2. The number of esters is 1. The largest absolute Gasteiger partial charge is 0.467 e. The van der Waals surface area contributed by atoms with Crippen molar-refractivity contribution in [1.29, 1.82) is 0 Å². The second-order valence-corrected chi connectivity index (χ2v) is 4.99. The van der Waals surface area contributed by atoms with Crippen LogP contribution in [0.5, 0.6) is 0 Å². The molecule has 0 aliphatic carbocycles. The van der Waals surface area contributed by atoms with Gasteiger partial charge in [-0.3, -0.25) is 4.79 Å². The maximum atomic E-state index is 12.6. The molecule has 2 N–H and O–H groups in total. The number of ether oxygens (including phenoxy) is 2. The number of aryl methyl sites for hydroxylation is 1. The van der Waals surface area contributed by atoms with Gasteiger partial charge in [0.1, 0.15) is 5.69 Å². The van der Waals surface area contributed by atoms with E-state index in [1.165, 1.54) is 7.11 Å². The molecule has 1 aliphatic rings. The van der Waals surface area contributed by atoms with Gasteiger partial charge >= 0.3 is 5.97 Å². The van der Waals surface area contributed by atoms with Crippen molar-refractivity contribution in [2.45, 2.75) is 26.0 Å². The summed E-state index contributed by atoms with van der Waals surface area (Å²) in [6.45, 7) is 3.72. The second kappa shape index (κ2) is 6.62. The summed E-state index contributed by atoms with van der Waals surface area (Å²) in [5.41, 5.74) is 6.89. The SMILES string of the molecule is CCCn1cc(N)cc1C(=O)N1CCOC(C(=O)OC)C1. The number of carbonyl (C=O) groups is 2. The molecule has 1 aromatic rings. The van der Waals surface area contributed by atoms with Crippen LogP contribution in [-0.2, 0) is 20.8 Å². The van der Waals surface area contributed by atoms with E-state index in [-0.39, 0.29) is 12.5 Å². The first-order chi connectivity index (χ1) is 10.1. The van der Waals surface area contributed by atoms with Crippen LogP contribution < -0.4 is 5.73 Å². The predicted molar refractivity (Wildman–Crippen MR) is 76.8 cm³/mol. The number of hydrogen-bond donors (Lipinski definition) is 1. The molecule has 1 fully saturated rings. The first-order valence-electron chi connectivity index (χ1n) is 7.01. The van der Waals surface area contributed by atoms with Gasteiger partial charge in [0.15, 0.2) is 6.10 Å². The van der Waals surface area contributed by atoms with Crippen molar-refractivity contribution < 1.29 is 19.1 Å². The molecule has 1 saturated heterocycles. The molecule has 0 bridgehead atoms. The van der Waals surface area contributed by atoms with E-state index in [1.807, 2.05) is 11.5 Å². The van der Waals surface area contributed by atoms with Crippen molar-refractivity contribution in [2.24, 2.45) is 0 Å². The number of rotatable bonds is 4. The minimum absolute atomic E-state index is 0.141. The molecule has 21 heavy (non-hydrogen) atoms. The van der Waals surface area contributed by atoms with Gasteiger partial charge in [-0.2, -0.15) is 0 Å². The monoisotopic (exact) mass is 295 g/mol. The second-order valence-electron chi connectivity index (χ2n) is 4.99. The fourth-order valence-corrected chi connectivity index (χ4v) is 2.41. The molecule has 0 spiro atoms. The molecule has 7 nitrogen and oxygen atoms in total. The number of morpholine rings is 1. The molecule has 0 saturated carbocycles. The molecule has 0 radical (unpaired) electrons. The summed E-state index contributed by atoms with van der Waals surface area (Å²) in [4.78, 5) is 25.7. The van der Waals surface area contributed by atoms with Crippen molar-refractivity contribution in [3.05, 3.63) is 18.0 Å². The summed E-state index contributed by atoms with van der Waals surface area (Å²) in [6, 6.07) is 1.67. The molecule has 1 unspecified atom stereocenters. The van der Waals surface area contributed by atoms with E-state index in [2.05, 4.69) is 4.74 Å². The molecule has 2 rings (SSSR count). The van der Waals surface area contributed by atoms with Crippen LogP contribution in [0.2, 0.25) is 0 Å². The van der Waals surface area contributed by atoms with Crippen LogP contribution >= 0.6 is 0 Å². The Kier molecular flexibility index (Phi) is 4.85. The average Bonchev–Trinajstić information content (AvgIpc) is 2.87. The topological polar surface area (TPSA) is 86.8 Å². The highest BCUT2D eigenvalue weighted by atomic mass is 16.6. The number of nitrogens with two attached hydrogens (primary N) is 1. The zero-order chi connectivity index (χ0) is 15.4. The van der Waals surface area contributed by atoms with Crippen LogP contribution in [-0.4, -0.2) is 54.3 Å². The number of aromatic nitrogens is 1. The maximum Gasteiger partial charge on any atom is 0.336 e. The van der Waals surface area contributed by atoms with E-state index < -0.39 is 12.1 Å². The summed E-state index contributed by atoms with van der Waals surface area (Å²) in [7, 11) is 1.31. The fourth-order valence-electron chi connectivity index (χ4n) is 2.41. The highest BCUT2D eigenvalue weighted by molar-refractivity contribution is 5.94. The molecule has 1 amide bonds. The summed E-state index contributed by atoms with van der Waals surface area (Å²) in [5, 5.41) is 0. The van der Waals surface area contributed by atoms with E-state index in [1.54, 1.807) is 17.2 Å². The van der Waals surface area contributed by atoms with Crippen LogP contribution in [0.25, 0.3) is 0 Å². The summed E-state index contributed by atoms with van der Waals surface area (Å²) >= 11 is 0. The van der Waals surface area contributed by atoms with Crippen molar-refractivity contribution in [3.63, 3.8) is 0 Å². The van der Waals surface area contributed by atoms with Gasteiger partial charge in [0.25, 0.3) is 5.91 Å². The average molecular weight is 295 g/mol. The third kappa shape index (κ3) is 3.36. The number of carbonyl (C=O) groups excluding carboxylic acids is 2. The van der Waals surface area contributed by atoms with Gasteiger partial charge < -0.3 is 24.7 Å². The van der Waals surface area contributed by atoms with Crippen molar-refractivity contribution in [3.8, 4) is 0 Å². The van der Waals surface area contributed by atoms with Crippen molar-refractivity contribution in [2.75, 3.05) is 32.5 Å². The molecule has 116 valence electrons. The molecule has 0 aromatic carbocycles. The fraction of sp³-hybridized carbons (Fsp3) is 0.571. The van der Waals surface area contributed by atoms with E-state index in [0.717, 1.165) is 13.0 Å². The summed E-state index contributed by atoms with van der Waals surface area (Å²) in [6.07, 6.45) is 1.94. The Morgan fingerprint density at radius 1 is 1.52 bits per heavy atom. The Balaban J connectivity index is 2.14. The first kappa shape index (κ1) is 15.4. The number of anilines is 1. The Hall–Kier alpha value is -2.02. The lowest BCUT2D eigenvalue weighted by molar-refractivity contribution is -0.158. The number of amides is 1. The van der Waals surface area contributed by atoms with E-state index >= 15 is 0 Å². The molecular formula is C14H21N3O4. The van der Waals surface area contributed by atoms with Crippen LogP contribution in [0.15, 0.2) is 12.3 Å². The highest BCUT2D eigenvalue weighted by Gasteiger charge is 2.31. The van der Waals surface area contributed by atoms with Crippen molar-refractivity contribution >= 4 is 17.6 Å². The zero-order valence-electron chi connectivity index (χ0n) is 12.4. The van der Waals surface area contributed by atoms with Crippen LogP contribution in [0.1, 0.15) is 23.8 Å². The maximum absolute atomic E-state index is 12.6. The smallest absolute Gasteiger partial charge is 0.336 e. The van der Waals surface area contributed by atoms with Crippen LogP contribution in [0.4, 0.5) is 5.69 Å². The van der Waals surface area contributed by atoms with Gasteiger partial charge in [0.2, 0.25) is 0 Å². The first-order valence-corrected chi connectivity index (χ1v) is 7.01. The molecular weight excluding hydrogens is 274 g/mol. The third-order valence-corrected chi connectivity index (χ3v) is 3.42. The van der Waals surface area contributed by atoms with Gasteiger partial charge in [-0.15, -0.1) is 0 Å². The number of nitrogen functional groups attached to an aromatic ring is 1. The normalized spacial score (nSPS) is 18.6. The van der Waals surface area contributed by atoms with E-state index in [9.17, 15) is 9.59 Å². The lowest BCUT2D eigenvalue weighted by atomic mass is 10.2. The van der Waals surface area contributed by atoms with Gasteiger partial charge in [-0.05, 0) is 12.5 Å². The minimum Gasteiger partial charge on any atom is -0.467 e. The van der Waals surface area contributed by atoms with Crippen LogP contribution in [0, 0.1) is 0 Å². The quantitative estimate of drug-likeness (QED) is 0.817. The Morgan fingerprint density at radius 2 is 2.29 bits per heavy atom. The lowest BCUT2D eigenvalue weighted by Crippen LogP contribution is -2.49. The molecule has 1 atom stereocenters. The number of methoxy groups -OCH3 is 1. The van der Waals surface area contributed by atoms with Crippen molar-refractivity contribution in [1.82, 2.24) is 9.47 Å². The van der Waals surface area contributed by atoms with Gasteiger partial charge in [-0.25, -0.2) is 4.79 Å². The Morgan fingerprint density at radius 3 is 2.95 bits per heavy atom. The number of hydrogen-bond acceptors (Lipinski definition) is 5. The molecule has 2 heterocycles. The highest BCUT2D eigenvalue weighted by Crippen LogP contribution is 2.16. The molecule has 7 heteroatoms.